The van der Waals surface area contributed by atoms with Crippen LogP contribution in [0.4, 0.5) is 11.4 Å². The number of hydrogen-bond acceptors (Lipinski definition) is 5. The second kappa shape index (κ2) is 8.82. The number of para-hydroxylation sites is 1. The zero-order valence-electron chi connectivity index (χ0n) is 14.8. The van der Waals surface area contributed by atoms with Crippen molar-refractivity contribution in [3.8, 4) is 0 Å². The van der Waals surface area contributed by atoms with E-state index in [0.29, 0.717) is 42.3 Å². The van der Waals surface area contributed by atoms with Crippen molar-refractivity contribution in [2.75, 3.05) is 25.0 Å². The van der Waals surface area contributed by atoms with E-state index in [-0.39, 0.29) is 11.9 Å². The molecule has 0 spiro atoms. The maximum absolute atomic E-state index is 12.3. The largest absolute Gasteiger partial charge is 0.462 e. The molecule has 0 saturated heterocycles. The highest BCUT2D eigenvalue weighted by atomic mass is 16.5. The summed E-state index contributed by atoms with van der Waals surface area (Å²) in [6.07, 6.45) is 1.58. The number of amides is 1. The zero-order chi connectivity index (χ0) is 18.2. The second-order valence-corrected chi connectivity index (χ2v) is 5.30. The molecule has 0 fully saturated rings. The minimum absolute atomic E-state index is 0.0940. The number of ether oxygens (including phenoxy) is 1. The highest BCUT2D eigenvalue weighted by Crippen LogP contribution is 2.21. The van der Waals surface area contributed by atoms with Gasteiger partial charge in [0.15, 0.2) is 0 Å². The Kier molecular flexibility index (Phi) is 6.51. The molecule has 6 heteroatoms. The molecule has 1 aromatic carbocycles. The topological polar surface area (TPSA) is 71.5 Å². The van der Waals surface area contributed by atoms with E-state index in [9.17, 15) is 9.59 Å². The maximum Gasteiger partial charge on any atom is 0.340 e. The number of anilines is 2. The van der Waals surface area contributed by atoms with Crippen LogP contribution in [0.15, 0.2) is 42.6 Å². The number of esters is 1. The summed E-state index contributed by atoms with van der Waals surface area (Å²) in [6, 6.07) is 10.5. The van der Waals surface area contributed by atoms with Crippen molar-refractivity contribution >= 4 is 23.3 Å². The molecule has 25 heavy (non-hydrogen) atoms. The van der Waals surface area contributed by atoms with Crippen molar-refractivity contribution in [3.05, 3.63) is 53.9 Å². The Morgan fingerprint density at radius 1 is 1.08 bits per heavy atom. The Morgan fingerprint density at radius 3 is 2.40 bits per heavy atom. The van der Waals surface area contributed by atoms with E-state index in [0.717, 1.165) is 0 Å². The molecule has 0 bridgehead atoms. The average Bonchev–Trinajstić information content (AvgIpc) is 2.64. The van der Waals surface area contributed by atoms with Gasteiger partial charge < -0.3 is 15.0 Å². The molecule has 1 N–H and O–H groups in total. The fraction of sp³-hybridized carbons (Fsp3) is 0.316. The third-order valence-electron chi connectivity index (χ3n) is 3.73. The highest BCUT2D eigenvalue weighted by Gasteiger charge is 2.15. The summed E-state index contributed by atoms with van der Waals surface area (Å²) in [5.41, 5.74) is 2.17. The first kappa shape index (κ1) is 18.4. The summed E-state index contributed by atoms with van der Waals surface area (Å²) >= 11 is 0. The molecule has 2 rings (SSSR count). The average molecular weight is 341 g/mol. The van der Waals surface area contributed by atoms with E-state index in [2.05, 4.69) is 10.3 Å². The molecule has 0 atom stereocenters. The van der Waals surface area contributed by atoms with Gasteiger partial charge in [-0.15, -0.1) is 0 Å². The Labute approximate surface area is 147 Å². The predicted octanol–water partition coefficient (Wildman–Crippen LogP) is 3.48. The van der Waals surface area contributed by atoms with Crippen molar-refractivity contribution < 1.29 is 14.3 Å². The number of hydrogen-bond donors (Lipinski definition) is 1. The molecule has 132 valence electrons. The van der Waals surface area contributed by atoms with Crippen LogP contribution < -0.4 is 5.32 Å². The summed E-state index contributed by atoms with van der Waals surface area (Å²) in [6.45, 7) is 7.24. The molecule has 0 aliphatic rings. The molecule has 0 radical (unpaired) electrons. The van der Waals surface area contributed by atoms with Gasteiger partial charge in [0, 0.05) is 13.1 Å². The van der Waals surface area contributed by atoms with Crippen molar-refractivity contribution in [2.24, 2.45) is 0 Å². The lowest BCUT2D eigenvalue weighted by Crippen LogP contribution is -2.31. The van der Waals surface area contributed by atoms with Crippen LogP contribution in [0.1, 0.15) is 41.6 Å². The number of nitrogens with zero attached hydrogens (tertiary/aromatic N) is 2. The molecule has 0 unspecified atom stereocenters. The van der Waals surface area contributed by atoms with Crippen molar-refractivity contribution in [2.45, 2.75) is 20.8 Å². The van der Waals surface area contributed by atoms with Gasteiger partial charge >= 0.3 is 5.97 Å². The van der Waals surface area contributed by atoms with Crippen LogP contribution in [-0.2, 0) is 4.74 Å². The molecule has 1 aromatic heterocycles. The van der Waals surface area contributed by atoms with E-state index >= 15 is 0 Å². The molecule has 1 heterocycles. The summed E-state index contributed by atoms with van der Waals surface area (Å²) < 4.78 is 5.06. The predicted molar refractivity (Wildman–Crippen MR) is 97.2 cm³/mol. The highest BCUT2D eigenvalue weighted by molar-refractivity contribution is 5.96. The minimum atomic E-state index is -0.383. The fourth-order valence-electron chi connectivity index (χ4n) is 2.40. The Balaban J connectivity index is 2.17. The number of carbonyl (C=O) groups is 2. The number of rotatable bonds is 7. The SMILES string of the molecule is CCOC(=O)c1ccccc1Nc1ccc(C(=O)N(CC)CC)nc1. The van der Waals surface area contributed by atoms with E-state index in [1.807, 2.05) is 19.9 Å². The van der Waals surface area contributed by atoms with Gasteiger partial charge in [-0.1, -0.05) is 12.1 Å². The molecule has 0 aliphatic carbocycles. The molecule has 6 nitrogen and oxygen atoms in total. The lowest BCUT2D eigenvalue weighted by Gasteiger charge is -2.18. The van der Waals surface area contributed by atoms with Gasteiger partial charge in [0.05, 0.1) is 29.7 Å². The molecule has 2 aromatic rings. The van der Waals surface area contributed by atoms with Crippen LogP contribution in [-0.4, -0.2) is 41.5 Å². The standard InChI is InChI=1S/C19H23N3O3/c1-4-22(5-2)18(23)17-12-11-14(13-20-17)21-16-10-8-7-9-15(16)19(24)25-6-3/h7-13,21H,4-6H2,1-3H3. The van der Waals surface area contributed by atoms with Gasteiger partial charge in [-0.2, -0.15) is 0 Å². The van der Waals surface area contributed by atoms with Crippen LogP contribution in [0.25, 0.3) is 0 Å². The quantitative estimate of drug-likeness (QED) is 0.781. The van der Waals surface area contributed by atoms with E-state index in [1.54, 1.807) is 48.4 Å². The first-order valence-electron chi connectivity index (χ1n) is 8.39. The van der Waals surface area contributed by atoms with Crippen LogP contribution in [0.2, 0.25) is 0 Å². The van der Waals surface area contributed by atoms with Crippen LogP contribution >= 0.6 is 0 Å². The maximum atomic E-state index is 12.3. The van der Waals surface area contributed by atoms with Gasteiger partial charge in [-0.3, -0.25) is 4.79 Å². The van der Waals surface area contributed by atoms with Crippen LogP contribution in [0.5, 0.6) is 0 Å². The third-order valence-corrected chi connectivity index (χ3v) is 3.73. The fourth-order valence-corrected chi connectivity index (χ4v) is 2.40. The summed E-state index contributed by atoms with van der Waals surface area (Å²) in [4.78, 5) is 30.2. The first-order chi connectivity index (χ1) is 12.1. The molecule has 1 amide bonds. The van der Waals surface area contributed by atoms with Gasteiger partial charge in [0.2, 0.25) is 0 Å². The first-order valence-corrected chi connectivity index (χ1v) is 8.39. The van der Waals surface area contributed by atoms with E-state index in [1.165, 1.54) is 0 Å². The van der Waals surface area contributed by atoms with Crippen molar-refractivity contribution in [3.63, 3.8) is 0 Å². The third kappa shape index (κ3) is 4.56. The van der Waals surface area contributed by atoms with E-state index < -0.39 is 0 Å². The Bertz CT molecular complexity index is 725. The normalized spacial score (nSPS) is 10.2. The summed E-state index contributed by atoms with van der Waals surface area (Å²) in [5, 5.41) is 3.15. The second-order valence-electron chi connectivity index (χ2n) is 5.30. The van der Waals surface area contributed by atoms with Crippen LogP contribution in [0, 0.1) is 0 Å². The molecular formula is C19H23N3O3. The molecule has 0 saturated carbocycles. The molecule has 0 aliphatic heterocycles. The lowest BCUT2D eigenvalue weighted by molar-refractivity contribution is 0.0527. The van der Waals surface area contributed by atoms with E-state index in [4.69, 9.17) is 4.74 Å². The lowest BCUT2D eigenvalue weighted by atomic mass is 10.1. The monoisotopic (exact) mass is 341 g/mol. The number of aromatic nitrogens is 1. The number of carbonyl (C=O) groups excluding carboxylic acids is 2. The number of pyridine rings is 1. The summed E-state index contributed by atoms with van der Waals surface area (Å²) in [5.74, 6) is -0.477. The van der Waals surface area contributed by atoms with Crippen LogP contribution in [0.3, 0.4) is 0 Å². The van der Waals surface area contributed by atoms with Crippen molar-refractivity contribution in [1.82, 2.24) is 9.88 Å². The van der Waals surface area contributed by atoms with Gasteiger partial charge in [0.25, 0.3) is 5.91 Å². The van der Waals surface area contributed by atoms with Gasteiger partial charge in [0.1, 0.15) is 5.69 Å². The number of benzene rings is 1. The molecular weight excluding hydrogens is 318 g/mol. The Morgan fingerprint density at radius 2 is 1.80 bits per heavy atom. The van der Waals surface area contributed by atoms with Gasteiger partial charge in [-0.05, 0) is 45.0 Å². The summed E-state index contributed by atoms with van der Waals surface area (Å²) in [7, 11) is 0. The number of nitrogens with one attached hydrogen (secondary N) is 1. The Hall–Kier alpha value is -2.89. The van der Waals surface area contributed by atoms with Gasteiger partial charge in [-0.25, -0.2) is 9.78 Å². The zero-order valence-corrected chi connectivity index (χ0v) is 14.8. The smallest absolute Gasteiger partial charge is 0.340 e. The van der Waals surface area contributed by atoms with Crippen molar-refractivity contribution in [1.29, 1.82) is 0 Å². The minimum Gasteiger partial charge on any atom is -0.462 e.